The Bertz CT molecular complexity index is 683. The number of halogens is 1. The van der Waals surface area contributed by atoms with Crippen LogP contribution in [0, 0.1) is 11.3 Å². The molecule has 2 N–H and O–H groups in total. The maximum atomic E-state index is 11.9. The highest BCUT2D eigenvalue weighted by Gasteiger charge is 2.34. The molecule has 1 aliphatic heterocycles. The van der Waals surface area contributed by atoms with E-state index in [9.17, 15) is 10.1 Å². The van der Waals surface area contributed by atoms with Crippen molar-refractivity contribution in [2.75, 3.05) is 0 Å². The van der Waals surface area contributed by atoms with Crippen LogP contribution < -0.4 is 5.73 Å². The number of hydrogen-bond acceptors (Lipinski definition) is 4. The molecule has 1 aromatic carbocycles. The Morgan fingerprint density at radius 2 is 2.10 bits per heavy atom. The highest BCUT2D eigenvalue weighted by atomic mass is 79.9. The van der Waals surface area contributed by atoms with Crippen LogP contribution in [0.1, 0.15) is 25.3 Å². The third-order valence-electron chi connectivity index (χ3n) is 3.20. The highest BCUT2D eigenvalue weighted by Crippen LogP contribution is 2.41. The smallest absolute Gasteiger partial charge is 0.205 e. The average molecular weight is 333 g/mol. The molecule has 1 aliphatic rings. The number of nitrogens with two attached hydrogens (primary N) is 1. The molecule has 0 aromatic heterocycles. The van der Waals surface area contributed by atoms with E-state index in [0.29, 0.717) is 11.3 Å². The van der Waals surface area contributed by atoms with Crippen molar-refractivity contribution in [1.29, 1.82) is 5.26 Å². The van der Waals surface area contributed by atoms with Gasteiger partial charge in [-0.1, -0.05) is 34.1 Å². The first kappa shape index (κ1) is 14.4. The second-order valence-electron chi connectivity index (χ2n) is 4.47. The van der Waals surface area contributed by atoms with E-state index in [1.165, 1.54) is 6.92 Å². The summed E-state index contributed by atoms with van der Waals surface area (Å²) >= 11 is 3.46. The van der Waals surface area contributed by atoms with Gasteiger partial charge in [-0.3, -0.25) is 4.79 Å². The number of ether oxygens (including phenoxy) is 1. The zero-order valence-electron chi connectivity index (χ0n) is 11.1. The minimum absolute atomic E-state index is 0.0516. The molecule has 0 spiro atoms. The fourth-order valence-electron chi connectivity index (χ4n) is 2.36. The van der Waals surface area contributed by atoms with Crippen LogP contribution in [0.5, 0.6) is 0 Å². The van der Waals surface area contributed by atoms with Gasteiger partial charge in [0.25, 0.3) is 0 Å². The van der Waals surface area contributed by atoms with Gasteiger partial charge in [-0.25, -0.2) is 0 Å². The van der Waals surface area contributed by atoms with Crippen molar-refractivity contribution < 1.29 is 9.53 Å². The monoisotopic (exact) mass is 332 g/mol. The molecule has 1 unspecified atom stereocenters. The minimum atomic E-state index is -0.498. The molecule has 1 atom stereocenters. The van der Waals surface area contributed by atoms with Crippen LogP contribution in [0.3, 0.4) is 0 Å². The van der Waals surface area contributed by atoms with Gasteiger partial charge >= 0.3 is 0 Å². The minimum Gasteiger partial charge on any atom is -0.445 e. The molecule has 1 heterocycles. The number of nitrogens with zero attached hydrogens (tertiary/aromatic N) is 1. The first-order chi connectivity index (χ1) is 9.47. The van der Waals surface area contributed by atoms with Gasteiger partial charge in [0.1, 0.15) is 17.4 Å². The van der Waals surface area contributed by atoms with Crippen molar-refractivity contribution in [2.24, 2.45) is 5.73 Å². The molecule has 0 saturated heterocycles. The van der Waals surface area contributed by atoms with Crippen LogP contribution in [-0.4, -0.2) is 5.78 Å². The third-order valence-corrected chi connectivity index (χ3v) is 3.92. The van der Waals surface area contributed by atoms with Gasteiger partial charge in [0.15, 0.2) is 5.78 Å². The quantitative estimate of drug-likeness (QED) is 0.902. The molecule has 0 bridgehead atoms. The van der Waals surface area contributed by atoms with Crippen molar-refractivity contribution in [3.8, 4) is 6.07 Å². The number of allylic oxidation sites excluding steroid dienone is 3. The molecule has 20 heavy (non-hydrogen) atoms. The topological polar surface area (TPSA) is 76.1 Å². The fourth-order valence-corrected chi connectivity index (χ4v) is 2.87. The third kappa shape index (κ3) is 2.35. The molecule has 102 valence electrons. The van der Waals surface area contributed by atoms with E-state index < -0.39 is 5.92 Å². The Morgan fingerprint density at radius 1 is 1.45 bits per heavy atom. The van der Waals surface area contributed by atoms with E-state index in [0.717, 1.165) is 10.0 Å². The van der Waals surface area contributed by atoms with Crippen molar-refractivity contribution in [3.05, 3.63) is 57.1 Å². The summed E-state index contributed by atoms with van der Waals surface area (Å²) in [6, 6.07) is 9.51. The van der Waals surface area contributed by atoms with Crippen LogP contribution in [-0.2, 0) is 9.53 Å². The average Bonchev–Trinajstić information content (AvgIpc) is 2.38. The van der Waals surface area contributed by atoms with Crippen molar-refractivity contribution >= 4 is 21.7 Å². The molecule has 0 saturated carbocycles. The summed E-state index contributed by atoms with van der Waals surface area (Å²) in [6.45, 7) is 3.14. The van der Waals surface area contributed by atoms with Gasteiger partial charge in [0.2, 0.25) is 5.88 Å². The Morgan fingerprint density at radius 3 is 2.65 bits per heavy atom. The summed E-state index contributed by atoms with van der Waals surface area (Å²) in [4.78, 5) is 11.9. The molecule has 0 fully saturated rings. The number of hydrogen-bond donors (Lipinski definition) is 1. The molecule has 0 aliphatic carbocycles. The maximum absolute atomic E-state index is 11.9. The van der Waals surface area contributed by atoms with Crippen LogP contribution >= 0.6 is 15.9 Å². The van der Waals surface area contributed by atoms with Gasteiger partial charge < -0.3 is 10.5 Å². The summed E-state index contributed by atoms with van der Waals surface area (Å²) < 4.78 is 6.15. The van der Waals surface area contributed by atoms with Crippen molar-refractivity contribution in [3.63, 3.8) is 0 Å². The zero-order chi connectivity index (χ0) is 14.9. The summed E-state index contributed by atoms with van der Waals surface area (Å²) in [5.74, 6) is -0.143. The lowest BCUT2D eigenvalue weighted by Crippen LogP contribution is -2.23. The Kier molecular flexibility index (Phi) is 3.96. The number of ketones is 1. The molecular formula is C15H13BrN2O2. The Balaban J connectivity index is 2.71. The molecule has 2 rings (SSSR count). The SMILES string of the molecule is CC(=O)C1=C(C)OC(N)=C(C#N)C1c1ccccc1Br. The Hall–Kier alpha value is -2.06. The van der Waals surface area contributed by atoms with E-state index in [1.54, 1.807) is 6.92 Å². The van der Waals surface area contributed by atoms with E-state index in [4.69, 9.17) is 10.5 Å². The summed E-state index contributed by atoms with van der Waals surface area (Å²) in [5.41, 5.74) is 7.33. The van der Waals surface area contributed by atoms with Crippen LogP contribution in [0.25, 0.3) is 0 Å². The lowest BCUT2D eigenvalue weighted by molar-refractivity contribution is -0.114. The number of Topliss-reactive ketones (excluding diaryl/α,β-unsaturated/α-hetero) is 1. The van der Waals surface area contributed by atoms with Gasteiger partial charge in [-0.2, -0.15) is 5.26 Å². The first-order valence-electron chi connectivity index (χ1n) is 6.01. The first-order valence-corrected chi connectivity index (χ1v) is 6.80. The summed E-state index contributed by atoms with van der Waals surface area (Å²) in [7, 11) is 0. The van der Waals surface area contributed by atoms with Crippen LogP contribution in [0.4, 0.5) is 0 Å². The van der Waals surface area contributed by atoms with E-state index in [-0.39, 0.29) is 17.2 Å². The molecule has 1 aromatic rings. The maximum Gasteiger partial charge on any atom is 0.205 e. The second kappa shape index (κ2) is 5.51. The van der Waals surface area contributed by atoms with Crippen LogP contribution in [0.15, 0.2) is 51.5 Å². The summed E-state index contributed by atoms with van der Waals surface area (Å²) in [5, 5.41) is 9.35. The normalized spacial score (nSPS) is 18.6. The van der Waals surface area contributed by atoms with E-state index >= 15 is 0 Å². The van der Waals surface area contributed by atoms with E-state index in [1.807, 2.05) is 24.3 Å². The predicted molar refractivity (Wildman–Crippen MR) is 78.2 cm³/mol. The largest absolute Gasteiger partial charge is 0.445 e. The van der Waals surface area contributed by atoms with E-state index in [2.05, 4.69) is 22.0 Å². The lowest BCUT2D eigenvalue weighted by atomic mass is 9.81. The fraction of sp³-hybridized carbons (Fsp3) is 0.200. The number of rotatable bonds is 2. The predicted octanol–water partition coefficient (Wildman–Crippen LogP) is 3.12. The molecule has 0 radical (unpaired) electrons. The number of nitriles is 1. The molecule has 5 heteroatoms. The summed E-state index contributed by atoms with van der Waals surface area (Å²) in [6.07, 6.45) is 0. The number of benzene rings is 1. The van der Waals surface area contributed by atoms with Crippen LogP contribution in [0.2, 0.25) is 0 Å². The number of carbonyl (C=O) groups excluding carboxylic acids is 1. The second-order valence-corrected chi connectivity index (χ2v) is 5.33. The molecule has 0 amide bonds. The van der Waals surface area contributed by atoms with Crippen molar-refractivity contribution in [2.45, 2.75) is 19.8 Å². The van der Waals surface area contributed by atoms with Gasteiger partial charge in [-0.05, 0) is 25.5 Å². The van der Waals surface area contributed by atoms with Gasteiger partial charge in [0, 0.05) is 10.0 Å². The zero-order valence-corrected chi connectivity index (χ0v) is 12.7. The van der Waals surface area contributed by atoms with Gasteiger partial charge in [0.05, 0.1) is 5.92 Å². The molecular weight excluding hydrogens is 320 g/mol. The van der Waals surface area contributed by atoms with Gasteiger partial charge in [-0.15, -0.1) is 0 Å². The Labute approximate surface area is 125 Å². The number of carbonyl (C=O) groups is 1. The van der Waals surface area contributed by atoms with Crippen molar-refractivity contribution in [1.82, 2.24) is 0 Å². The highest BCUT2D eigenvalue weighted by molar-refractivity contribution is 9.10. The molecule has 4 nitrogen and oxygen atoms in total. The lowest BCUT2D eigenvalue weighted by Gasteiger charge is -2.27. The standard InChI is InChI=1S/C15H13BrN2O2/c1-8(19)13-9(2)20-15(18)11(7-17)14(13)10-5-3-4-6-12(10)16/h3-6,14H,18H2,1-2H3.